The maximum absolute atomic E-state index is 15.0. The molecule has 0 fully saturated rings. The van der Waals surface area contributed by atoms with E-state index in [1.54, 1.807) is 39.8 Å². The van der Waals surface area contributed by atoms with Crippen LogP contribution < -0.4 is 32.6 Å². The van der Waals surface area contributed by atoms with E-state index in [0.29, 0.717) is 71.3 Å². The Balaban J connectivity index is 1.10. The zero-order valence-electron chi connectivity index (χ0n) is 37.9. The lowest BCUT2D eigenvalue weighted by atomic mass is 9.86. The number of hydrogen-bond acceptors (Lipinski definition) is 14. The summed E-state index contributed by atoms with van der Waals surface area (Å²) in [5.74, 6) is 1.70. The number of unbranched alkanes of at least 4 members (excludes halogenated alkanes) is 2. The SMILES string of the molecule is CC[C@@]1(O)C(=O)OCc2c1cc1n(c2=O)Cc2c-1nc1cc(F)c(C)cc1c2CNC(=O)CNC(=O)[C@H](CCCCN)NC(=O)[C@@H](NC(=O)CCCC#Cc1cnc(S(C)(=O)=O)nc1)C(C)C. The Kier molecular flexibility index (Phi) is 15.5. The first kappa shape index (κ1) is 49.8. The van der Waals surface area contributed by atoms with Crippen LogP contribution in [-0.4, -0.2) is 94.1 Å². The largest absolute Gasteiger partial charge is 0.458 e. The lowest BCUT2D eigenvalue weighted by Crippen LogP contribution is -2.56. The second kappa shape index (κ2) is 20.9. The number of cyclic esters (lactones) is 1. The van der Waals surface area contributed by atoms with E-state index in [2.05, 4.69) is 43.1 Å². The van der Waals surface area contributed by atoms with Gasteiger partial charge in [0.2, 0.25) is 38.6 Å². The van der Waals surface area contributed by atoms with Crippen LogP contribution in [0.25, 0.3) is 22.3 Å². The van der Waals surface area contributed by atoms with Crippen molar-refractivity contribution in [3.05, 3.63) is 80.1 Å². The van der Waals surface area contributed by atoms with Gasteiger partial charge in [-0.25, -0.2) is 32.6 Å². The predicted octanol–water partition coefficient (Wildman–Crippen LogP) is 1.43. The molecule has 4 aromatic rings. The molecule has 5 heterocycles. The highest BCUT2D eigenvalue weighted by atomic mass is 32.2. The fourth-order valence-electron chi connectivity index (χ4n) is 7.91. The van der Waals surface area contributed by atoms with Crippen LogP contribution in [0.15, 0.2) is 40.5 Å². The quantitative estimate of drug-likeness (QED) is 0.0314. The summed E-state index contributed by atoms with van der Waals surface area (Å²) in [6, 6.07) is 2.33. The number of aromatic nitrogens is 4. The number of nitrogens with zero attached hydrogens (tertiary/aromatic N) is 4. The Morgan fingerprint density at radius 3 is 2.42 bits per heavy atom. The number of sulfone groups is 1. The van der Waals surface area contributed by atoms with E-state index < -0.39 is 75.0 Å². The van der Waals surface area contributed by atoms with E-state index in [9.17, 15) is 46.7 Å². The molecule has 67 heavy (non-hydrogen) atoms. The van der Waals surface area contributed by atoms with Crippen LogP contribution in [0.4, 0.5) is 4.39 Å². The van der Waals surface area contributed by atoms with Crippen molar-refractivity contribution in [3.8, 4) is 23.2 Å². The number of carbonyl (C=O) groups excluding carboxylic acids is 5. The highest BCUT2D eigenvalue weighted by Gasteiger charge is 2.45. The van der Waals surface area contributed by atoms with Gasteiger partial charge in [0.15, 0.2) is 5.60 Å². The predicted molar refractivity (Wildman–Crippen MR) is 242 cm³/mol. The van der Waals surface area contributed by atoms with E-state index in [1.807, 2.05) is 0 Å². The van der Waals surface area contributed by atoms with Crippen molar-refractivity contribution >= 4 is 50.3 Å². The highest BCUT2D eigenvalue weighted by molar-refractivity contribution is 7.90. The minimum Gasteiger partial charge on any atom is -0.458 e. The molecular weight excluding hydrogens is 890 g/mol. The van der Waals surface area contributed by atoms with Gasteiger partial charge in [0.05, 0.1) is 41.1 Å². The van der Waals surface area contributed by atoms with Crippen LogP contribution in [0.3, 0.4) is 0 Å². The van der Waals surface area contributed by atoms with Gasteiger partial charge in [-0.2, -0.15) is 0 Å². The summed E-state index contributed by atoms with van der Waals surface area (Å²) in [5, 5.41) is 22.4. The van der Waals surface area contributed by atoms with Crippen molar-refractivity contribution in [1.29, 1.82) is 0 Å². The van der Waals surface area contributed by atoms with Gasteiger partial charge in [-0.3, -0.25) is 24.0 Å². The van der Waals surface area contributed by atoms with Crippen molar-refractivity contribution in [2.45, 2.75) is 115 Å². The third-order valence-corrected chi connectivity index (χ3v) is 12.6. The van der Waals surface area contributed by atoms with E-state index in [1.165, 1.54) is 23.0 Å². The van der Waals surface area contributed by atoms with Crippen molar-refractivity contribution in [1.82, 2.24) is 40.8 Å². The first-order valence-electron chi connectivity index (χ1n) is 21.9. The summed E-state index contributed by atoms with van der Waals surface area (Å²) in [4.78, 5) is 92.4. The van der Waals surface area contributed by atoms with Gasteiger partial charge in [0.25, 0.3) is 5.56 Å². The average Bonchev–Trinajstić information content (AvgIpc) is 3.65. The fraction of sp³-hybridized carbons (Fsp3) is 0.457. The molecule has 4 amide bonds. The van der Waals surface area contributed by atoms with Crippen LogP contribution in [0.5, 0.6) is 0 Å². The van der Waals surface area contributed by atoms with Crippen LogP contribution in [-0.2, 0) is 63.8 Å². The van der Waals surface area contributed by atoms with E-state index in [0.717, 1.165) is 6.26 Å². The molecule has 0 spiro atoms. The number of benzene rings is 1. The summed E-state index contributed by atoms with van der Waals surface area (Å²) < 4.78 is 44.7. The smallest absolute Gasteiger partial charge is 0.343 e. The lowest BCUT2D eigenvalue weighted by molar-refractivity contribution is -0.172. The topological polar surface area (TPSA) is 284 Å². The maximum Gasteiger partial charge on any atom is 0.343 e. The first-order chi connectivity index (χ1) is 31.8. The molecular formula is C46H54FN9O10S. The van der Waals surface area contributed by atoms with Crippen molar-refractivity contribution < 1.29 is 46.6 Å². The third kappa shape index (κ3) is 11.2. The van der Waals surface area contributed by atoms with Gasteiger partial charge < -0.3 is 41.4 Å². The summed E-state index contributed by atoms with van der Waals surface area (Å²) in [6.45, 7) is 6.12. The van der Waals surface area contributed by atoms with Gasteiger partial charge in [-0.15, -0.1) is 0 Å². The van der Waals surface area contributed by atoms with Gasteiger partial charge in [0, 0.05) is 60.6 Å². The summed E-state index contributed by atoms with van der Waals surface area (Å²) in [5.41, 5.74) is 6.10. The van der Waals surface area contributed by atoms with Crippen LogP contribution in [0.1, 0.15) is 99.1 Å². The number of rotatable bonds is 18. The molecule has 0 radical (unpaired) electrons. The molecule has 0 saturated heterocycles. The molecule has 21 heteroatoms. The monoisotopic (exact) mass is 943 g/mol. The standard InChI is InChI=1S/C46H54FN9O10S/c1-6-46(63)32-17-36-40-30(23-56(36)43(61)31(32)24-66-44(46)62)29(28-16-26(4)33(47)18-35(28)53-40)21-49-38(58)22-50-41(59)34(13-10-11-15-48)54-42(60)39(25(2)3)55-37(57)14-9-7-8-12-27-19-51-45(52-20-27)67(5,64)65/h16-20,25,34,39,63H,6-7,9-11,13-15,21-24,48H2,1-5H3,(H,49,58)(H,50,59)(H,54,60)(H,55,57)/t34-,39-,46-/m0/s1. The van der Waals surface area contributed by atoms with Crippen LogP contribution >= 0.6 is 0 Å². The molecule has 1 aromatic carbocycles. The number of hydrogen-bond donors (Lipinski definition) is 6. The summed E-state index contributed by atoms with van der Waals surface area (Å²) in [6.07, 6.45) is 5.49. The molecule has 0 bridgehead atoms. The fourth-order valence-corrected chi connectivity index (χ4v) is 8.40. The number of fused-ring (bicyclic) bond motifs is 5. The third-order valence-electron chi connectivity index (χ3n) is 11.7. The second-order valence-corrected chi connectivity index (χ2v) is 18.9. The Morgan fingerprint density at radius 2 is 1.75 bits per heavy atom. The molecule has 3 atom stereocenters. The zero-order valence-corrected chi connectivity index (χ0v) is 38.7. The van der Waals surface area contributed by atoms with E-state index in [4.69, 9.17) is 15.5 Å². The second-order valence-electron chi connectivity index (χ2n) is 17.0. The molecule has 7 N–H and O–H groups in total. The molecule has 0 unspecified atom stereocenters. The Bertz CT molecular complexity index is 2860. The molecule has 19 nitrogen and oxygen atoms in total. The maximum atomic E-state index is 15.0. The number of halogens is 1. The molecule has 6 rings (SSSR count). The van der Waals surface area contributed by atoms with Gasteiger partial charge in [-0.05, 0) is 74.8 Å². The number of amides is 4. The first-order valence-corrected chi connectivity index (χ1v) is 23.8. The molecule has 356 valence electrons. The number of aliphatic hydroxyl groups is 1. The molecule has 0 aliphatic carbocycles. The summed E-state index contributed by atoms with van der Waals surface area (Å²) >= 11 is 0. The van der Waals surface area contributed by atoms with Gasteiger partial charge in [0.1, 0.15) is 24.5 Å². The van der Waals surface area contributed by atoms with Gasteiger partial charge in [-0.1, -0.05) is 32.6 Å². The zero-order chi connectivity index (χ0) is 48.8. The molecule has 2 aliphatic heterocycles. The number of ether oxygens (including phenoxy) is 1. The Morgan fingerprint density at radius 1 is 1.01 bits per heavy atom. The number of pyridine rings is 2. The number of esters is 1. The van der Waals surface area contributed by atoms with E-state index >= 15 is 0 Å². The van der Waals surface area contributed by atoms with Gasteiger partial charge >= 0.3 is 5.97 Å². The number of aryl methyl sites for hydroxylation is 1. The Hall–Kier alpha value is -6.63. The minimum atomic E-state index is -3.55. The van der Waals surface area contributed by atoms with Crippen LogP contribution in [0.2, 0.25) is 0 Å². The number of carbonyl (C=O) groups is 5. The molecule has 2 aliphatic rings. The van der Waals surface area contributed by atoms with Crippen LogP contribution in [0, 0.1) is 30.5 Å². The van der Waals surface area contributed by atoms with Crippen molar-refractivity contribution in [2.24, 2.45) is 11.7 Å². The normalized spacial score (nSPS) is 15.9. The minimum absolute atomic E-state index is 0.0244. The van der Waals surface area contributed by atoms with Crippen molar-refractivity contribution in [3.63, 3.8) is 0 Å². The lowest BCUT2D eigenvalue weighted by Gasteiger charge is -2.31. The van der Waals surface area contributed by atoms with E-state index in [-0.39, 0.29) is 66.7 Å². The number of nitrogens with two attached hydrogens (primary N) is 1. The average molecular weight is 944 g/mol. The molecule has 0 saturated carbocycles. The summed E-state index contributed by atoms with van der Waals surface area (Å²) in [7, 11) is -3.55. The highest BCUT2D eigenvalue weighted by Crippen LogP contribution is 2.40. The molecule has 3 aromatic heterocycles. The number of nitrogens with one attached hydrogen (secondary N) is 4. The Labute approximate surface area is 386 Å². The van der Waals surface area contributed by atoms with Crippen molar-refractivity contribution in [2.75, 3.05) is 19.3 Å².